The summed E-state index contributed by atoms with van der Waals surface area (Å²) in [6.45, 7) is 0.819. The number of ether oxygens (including phenoxy) is 2. The molecule has 26 heavy (non-hydrogen) atoms. The molecule has 1 aliphatic heterocycles. The lowest BCUT2D eigenvalue weighted by molar-refractivity contribution is -0.116. The third kappa shape index (κ3) is 3.52. The summed E-state index contributed by atoms with van der Waals surface area (Å²) < 4.78 is 10.7. The van der Waals surface area contributed by atoms with Crippen LogP contribution in [0, 0.1) is 0 Å². The summed E-state index contributed by atoms with van der Waals surface area (Å²) in [6.07, 6.45) is 5.82. The molecule has 2 heterocycles. The number of benzene rings is 2. The van der Waals surface area contributed by atoms with Crippen LogP contribution in [0.25, 0.3) is 17.0 Å². The van der Waals surface area contributed by atoms with Crippen molar-refractivity contribution in [3.8, 4) is 11.5 Å². The zero-order chi connectivity index (χ0) is 17.8. The van der Waals surface area contributed by atoms with Crippen molar-refractivity contribution in [3.63, 3.8) is 0 Å². The summed E-state index contributed by atoms with van der Waals surface area (Å²) in [6, 6.07) is 15.7. The van der Waals surface area contributed by atoms with Crippen molar-refractivity contribution in [2.24, 2.45) is 0 Å². The van der Waals surface area contributed by atoms with E-state index in [0.29, 0.717) is 6.54 Å². The lowest BCUT2D eigenvalue weighted by atomic mass is 10.1. The zero-order valence-electron chi connectivity index (χ0n) is 14.1. The first-order chi connectivity index (χ1) is 12.8. The summed E-state index contributed by atoms with van der Waals surface area (Å²) in [5, 5.41) is 3.95. The van der Waals surface area contributed by atoms with Crippen molar-refractivity contribution < 1.29 is 14.3 Å². The summed E-state index contributed by atoms with van der Waals surface area (Å²) >= 11 is 0. The molecule has 1 amide bonds. The average Bonchev–Trinajstić information content (AvgIpc) is 3.14. The van der Waals surface area contributed by atoms with Gasteiger partial charge in [0.05, 0.1) is 5.52 Å². The number of pyridine rings is 1. The van der Waals surface area contributed by atoms with Crippen LogP contribution in [0.15, 0.2) is 60.8 Å². The smallest absolute Gasteiger partial charge is 0.244 e. The molecule has 0 saturated carbocycles. The number of nitrogens with zero attached hydrogens (tertiary/aromatic N) is 1. The maximum atomic E-state index is 12.1. The van der Waals surface area contributed by atoms with Crippen molar-refractivity contribution in [2.45, 2.75) is 6.42 Å². The Morgan fingerprint density at radius 2 is 2.00 bits per heavy atom. The number of fused-ring (bicyclic) bond motifs is 2. The Morgan fingerprint density at radius 3 is 2.96 bits per heavy atom. The zero-order valence-corrected chi connectivity index (χ0v) is 14.1. The molecule has 0 spiro atoms. The molecule has 0 radical (unpaired) electrons. The van der Waals surface area contributed by atoms with Crippen LogP contribution in [0.1, 0.15) is 11.1 Å². The fraction of sp³-hybridized carbons (Fsp3) is 0.143. The Bertz CT molecular complexity index is 977. The second kappa shape index (κ2) is 7.27. The number of aromatic nitrogens is 1. The molecule has 130 valence electrons. The van der Waals surface area contributed by atoms with E-state index in [0.717, 1.165) is 39.9 Å². The molecule has 0 fully saturated rings. The molecule has 1 aliphatic rings. The minimum absolute atomic E-state index is 0.126. The molecule has 1 aromatic heterocycles. The van der Waals surface area contributed by atoms with Gasteiger partial charge in [-0.15, -0.1) is 0 Å². The number of nitrogens with one attached hydrogen (secondary N) is 1. The van der Waals surface area contributed by atoms with E-state index in [2.05, 4.69) is 10.3 Å². The van der Waals surface area contributed by atoms with Gasteiger partial charge >= 0.3 is 0 Å². The van der Waals surface area contributed by atoms with Crippen molar-refractivity contribution in [2.75, 3.05) is 13.3 Å². The van der Waals surface area contributed by atoms with Crippen molar-refractivity contribution >= 4 is 22.9 Å². The highest BCUT2D eigenvalue weighted by Crippen LogP contribution is 2.32. The van der Waals surface area contributed by atoms with Crippen LogP contribution >= 0.6 is 0 Å². The number of carbonyl (C=O) groups excluding carboxylic acids is 1. The van der Waals surface area contributed by atoms with Gasteiger partial charge in [0.15, 0.2) is 11.5 Å². The third-order valence-corrected chi connectivity index (χ3v) is 4.23. The molecule has 0 unspecified atom stereocenters. The Labute approximate surface area is 151 Å². The van der Waals surface area contributed by atoms with Crippen LogP contribution in [-0.4, -0.2) is 24.2 Å². The fourth-order valence-electron chi connectivity index (χ4n) is 2.91. The normalized spacial score (nSPS) is 12.6. The molecular formula is C21H18N2O3. The van der Waals surface area contributed by atoms with Gasteiger partial charge < -0.3 is 14.8 Å². The molecule has 2 aromatic carbocycles. The van der Waals surface area contributed by atoms with Gasteiger partial charge in [-0.25, -0.2) is 0 Å². The molecule has 4 rings (SSSR count). The molecule has 5 heteroatoms. The van der Waals surface area contributed by atoms with Gasteiger partial charge in [-0.2, -0.15) is 0 Å². The SMILES string of the molecule is O=C(/C=C/c1cccc2cccnc12)NCCc1ccc2c(c1)OCO2. The van der Waals surface area contributed by atoms with Crippen LogP contribution in [0.4, 0.5) is 0 Å². The Morgan fingerprint density at radius 1 is 1.12 bits per heavy atom. The monoisotopic (exact) mass is 346 g/mol. The van der Waals surface area contributed by atoms with Crippen LogP contribution in [0.3, 0.4) is 0 Å². The number of carbonyl (C=O) groups is 1. The molecule has 0 saturated heterocycles. The second-order valence-electron chi connectivity index (χ2n) is 5.98. The Balaban J connectivity index is 1.34. The van der Waals surface area contributed by atoms with E-state index in [9.17, 15) is 4.79 Å². The fourth-order valence-corrected chi connectivity index (χ4v) is 2.91. The lowest BCUT2D eigenvalue weighted by Gasteiger charge is -2.04. The van der Waals surface area contributed by atoms with E-state index in [1.54, 1.807) is 18.3 Å². The van der Waals surface area contributed by atoms with Crippen LogP contribution in [0.2, 0.25) is 0 Å². The van der Waals surface area contributed by atoms with Crippen molar-refractivity contribution in [1.29, 1.82) is 0 Å². The van der Waals surface area contributed by atoms with E-state index in [-0.39, 0.29) is 12.7 Å². The average molecular weight is 346 g/mol. The molecular weight excluding hydrogens is 328 g/mol. The number of para-hydroxylation sites is 1. The third-order valence-electron chi connectivity index (χ3n) is 4.23. The minimum Gasteiger partial charge on any atom is -0.454 e. The first-order valence-corrected chi connectivity index (χ1v) is 8.48. The van der Waals surface area contributed by atoms with E-state index in [1.165, 1.54) is 0 Å². The maximum absolute atomic E-state index is 12.1. The Hall–Kier alpha value is -3.34. The summed E-state index contributed by atoms with van der Waals surface area (Å²) in [4.78, 5) is 16.5. The van der Waals surface area contributed by atoms with Gasteiger partial charge in [0, 0.05) is 29.8 Å². The topological polar surface area (TPSA) is 60.5 Å². The van der Waals surface area contributed by atoms with Gasteiger partial charge in [0.2, 0.25) is 12.7 Å². The number of hydrogen-bond donors (Lipinski definition) is 1. The first kappa shape index (κ1) is 16.1. The van der Waals surface area contributed by atoms with Gasteiger partial charge in [0.1, 0.15) is 0 Å². The molecule has 3 aromatic rings. The molecule has 0 aliphatic carbocycles. The lowest BCUT2D eigenvalue weighted by Crippen LogP contribution is -2.23. The summed E-state index contributed by atoms with van der Waals surface area (Å²) in [5.41, 5.74) is 2.91. The van der Waals surface area contributed by atoms with Crippen molar-refractivity contribution in [3.05, 3.63) is 71.9 Å². The largest absolute Gasteiger partial charge is 0.454 e. The summed E-state index contributed by atoms with van der Waals surface area (Å²) in [5.74, 6) is 1.40. The van der Waals surface area contributed by atoms with Gasteiger partial charge in [-0.3, -0.25) is 9.78 Å². The van der Waals surface area contributed by atoms with E-state index >= 15 is 0 Å². The van der Waals surface area contributed by atoms with E-state index in [1.807, 2.05) is 48.5 Å². The van der Waals surface area contributed by atoms with Gasteiger partial charge in [0.25, 0.3) is 0 Å². The number of amides is 1. The highest BCUT2D eigenvalue weighted by molar-refractivity contribution is 5.95. The van der Waals surface area contributed by atoms with E-state index < -0.39 is 0 Å². The van der Waals surface area contributed by atoms with Crippen LogP contribution in [0.5, 0.6) is 11.5 Å². The number of hydrogen-bond acceptors (Lipinski definition) is 4. The van der Waals surface area contributed by atoms with E-state index in [4.69, 9.17) is 9.47 Å². The van der Waals surface area contributed by atoms with Crippen molar-refractivity contribution in [1.82, 2.24) is 10.3 Å². The van der Waals surface area contributed by atoms with Gasteiger partial charge in [-0.1, -0.05) is 30.3 Å². The standard InChI is InChI=1S/C21H18N2O3/c24-20(9-7-17-4-1-3-16-5-2-11-23-21(16)17)22-12-10-15-6-8-18-19(13-15)26-14-25-18/h1-9,11,13H,10,12,14H2,(H,22,24)/b9-7+. The van der Waals surface area contributed by atoms with Gasteiger partial charge in [-0.05, 0) is 36.3 Å². The molecule has 1 N–H and O–H groups in total. The second-order valence-corrected chi connectivity index (χ2v) is 5.98. The Kier molecular flexibility index (Phi) is 4.51. The maximum Gasteiger partial charge on any atom is 0.244 e. The first-order valence-electron chi connectivity index (χ1n) is 8.48. The summed E-state index contributed by atoms with van der Waals surface area (Å²) in [7, 11) is 0. The number of rotatable bonds is 5. The molecule has 0 bridgehead atoms. The highest BCUT2D eigenvalue weighted by atomic mass is 16.7. The quantitative estimate of drug-likeness (QED) is 0.720. The van der Waals surface area contributed by atoms with Crippen LogP contribution in [-0.2, 0) is 11.2 Å². The molecule has 5 nitrogen and oxygen atoms in total. The predicted octanol–water partition coefficient (Wildman–Crippen LogP) is 3.34. The molecule has 0 atom stereocenters. The minimum atomic E-state index is -0.126. The highest BCUT2D eigenvalue weighted by Gasteiger charge is 2.12. The predicted molar refractivity (Wildman–Crippen MR) is 100 cm³/mol. The van der Waals surface area contributed by atoms with Crippen LogP contribution < -0.4 is 14.8 Å².